The largest absolute Gasteiger partial charge is 0.388 e. The lowest BCUT2D eigenvalue weighted by Gasteiger charge is -2.17. The van der Waals surface area contributed by atoms with Crippen molar-refractivity contribution in [1.82, 2.24) is 19.9 Å². The van der Waals surface area contributed by atoms with E-state index in [1.54, 1.807) is 14.1 Å². The molecule has 29 heavy (non-hydrogen) atoms. The van der Waals surface area contributed by atoms with Crippen LogP contribution < -0.4 is 16.0 Å². The van der Waals surface area contributed by atoms with Crippen LogP contribution in [0.2, 0.25) is 0 Å². The Morgan fingerprint density at radius 3 is 2.45 bits per heavy atom. The van der Waals surface area contributed by atoms with Crippen molar-refractivity contribution in [3.8, 4) is 0 Å². The zero-order chi connectivity index (χ0) is 20.4. The average Bonchev–Trinajstić information content (AvgIpc) is 3.07. The van der Waals surface area contributed by atoms with Gasteiger partial charge in [-0.15, -0.1) is 0 Å². The summed E-state index contributed by atoms with van der Waals surface area (Å²) < 4.78 is 0. The third kappa shape index (κ3) is 3.67. The SMILES string of the molecule is CCCNc1nc(NC)nc2c(CC3Cc4ccccc4C3O)nc(NC)nc12. The smallest absolute Gasteiger partial charge is 0.225 e. The van der Waals surface area contributed by atoms with Crippen molar-refractivity contribution in [2.24, 2.45) is 5.92 Å². The number of hydrogen-bond donors (Lipinski definition) is 4. The summed E-state index contributed by atoms with van der Waals surface area (Å²) in [6.45, 7) is 2.90. The molecule has 2 atom stereocenters. The number of aliphatic hydroxyl groups excluding tert-OH is 1. The van der Waals surface area contributed by atoms with Crippen LogP contribution in [0.15, 0.2) is 24.3 Å². The molecule has 0 spiro atoms. The highest BCUT2D eigenvalue weighted by Gasteiger charge is 2.32. The fraction of sp³-hybridized carbons (Fsp3) is 0.429. The summed E-state index contributed by atoms with van der Waals surface area (Å²) in [6.07, 6.45) is 1.90. The number of fused-ring (bicyclic) bond motifs is 2. The minimum atomic E-state index is -0.502. The van der Waals surface area contributed by atoms with E-state index in [-0.39, 0.29) is 5.92 Å². The van der Waals surface area contributed by atoms with Gasteiger partial charge in [-0.1, -0.05) is 31.2 Å². The van der Waals surface area contributed by atoms with Crippen LogP contribution in [0, 0.1) is 5.92 Å². The van der Waals surface area contributed by atoms with Crippen LogP contribution in [0.3, 0.4) is 0 Å². The van der Waals surface area contributed by atoms with Crippen LogP contribution >= 0.6 is 0 Å². The van der Waals surface area contributed by atoms with Crippen molar-refractivity contribution >= 4 is 28.7 Å². The molecule has 0 aliphatic heterocycles. The molecule has 8 heteroatoms. The van der Waals surface area contributed by atoms with Gasteiger partial charge in [0, 0.05) is 20.6 Å². The van der Waals surface area contributed by atoms with Crippen LogP contribution in [0.25, 0.3) is 11.0 Å². The van der Waals surface area contributed by atoms with E-state index in [0.717, 1.165) is 30.6 Å². The van der Waals surface area contributed by atoms with Crippen LogP contribution in [0.5, 0.6) is 0 Å². The molecular weight excluding hydrogens is 366 g/mol. The molecule has 4 N–H and O–H groups in total. The molecule has 0 bridgehead atoms. The molecule has 2 heterocycles. The molecule has 2 aromatic heterocycles. The summed E-state index contributed by atoms with van der Waals surface area (Å²) in [6, 6.07) is 8.09. The van der Waals surface area contributed by atoms with Crippen molar-refractivity contribution in [2.75, 3.05) is 36.6 Å². The normalized spacial score (nSPS) is 17.9. The number of rotatable bonds is 7. The van der Waals surface area contributed by atoms with Crippen LogP contribution in [-0.4, -0.2) is 45.7 Å². The molecule has 1 aliphatic carbocycles. The van der Waals surface area contributed by atoms with Crippen molar-refractivity contribution in [1.29, 1.82) is 0 Å². The van der Waals surface area contributed by atoms with Gasteiger partial charge < -0.3 is 21.1 Å². The minimum absolute atomic E-state index is 0.0512. The molecule has 0 saturated carbocycles. The minimum Gasteiger partial charge on any atom is -0.388 e. The molecule has 3 aromatic rings. The first kappa shape index (κ1) is 19.3. The van der Waals surface area contributed by atoms with Gasteiger partial charge in [0.15, 0.2) is 5.82 Å². The van der Waals surface area contributed by atoms with E-state index in [1.165, 1.54) is 5.56 Å². The van der Waals surface area contributed by atoms with Crippen LogP contribution in [0.4, 0.5) is 17.7 Å². The lowest BCUT2D eigenvalue weighted by molar-refractivity contribution is 0.123. The molecule has 1 aliphatic rings. The standard InChI is InChI=1S/C21H27N7O/c1-4-9-24-19-17-16(26-21(23-3)28-19)15(25-20(22-2)27-17)11-13-10-12-7-5-6-8-14(12)18(13)29/h5-8,13,18,29H,4,9-11H2,1-3H3,(H,22,25,27)(H2,23,24,26,28). The van der Waals surface area contributed by atoms with E-state index < -0.39 is 6.10 Å². The Morgan fingerprint density at radius 1 is 1.00 bits per heavy atom. The Labute approximate surface area is 170 Å². The van der Waals surface area contributed by atoms with Gasteiger partial charge in [-0.3, -0.25) is 0 Å². The fourth-order valence-electron chi connectivity index (χ4n) is 3.90. The Kier molecular flexibility index (Phi) is 5.44. The Balaban J connectivity index is 1.77. The zero-order valence-corrected chi connectivity index (χ0v) is 17.0. The summed E-state index contributed by atoms with van der Waals surface area (Å²) in [7, 11) is 3.60. The topological polar surface area (TPSA) is 108 Å². The van der Waals surface area contributed by atoms with E-state index in [0.29, 0.717) is 35.2 Å². The number of aliphatic hydroxyl groups is 1. The number of nitrogens with zero attached hydrogens (tertiary/aromatic N) is 4. The first-order valence-corrected chi connectivity index (χ1v) is 10.1. The van der Waals surface area contributed by atoms with Gasteiger partial charge in [0.2, 0.25) is 11.9 Å². The second-order valence-corrected chi connectivity index (χ2v) is 7.33. The quantitative estimate of drug-likeness (QED) is 0.485. The zero-order valence-electron chi connectivity index (χ0n) is 17.0. The second kappa shape index (κ2) is 8.16. The van der Waals surface area contributed by atoms with Gasteiger partial charge >= 0.3 is 0 Å². The summed E-state index contributed by atoms with van der Waals surface area (Å²) in [4.78, 5) is 18.5. The number of anilines is 3. The summed E-state index contributed by atoms with van der Waals surface area (Å²) in [5.74, 6) is 1.79. The molecule has 1 aromatic carbocycles. The van der Waals surface area contributed by atoms with Crippen molar-refractivity contribution in [3.05, 3.63) is 41.1 Å². The van der Waals surface area contributed by atoms with Crippen molar-refractivity contribution in [3.63, 3.8) is 0 Å². The predicted molar refractivity (Wildman–Crippen MR) is 115 cm³/mol. The Bertz CT molecular complexity index is 1020. The van der Waals surface area contributed by atoms with E-state index in [4.69, 9.17) is 4.98 Å². The maximum absolute atomic E-state index is 10.9. The monoisotopic (exact) mass is 393 g/mol. The summed E-state index contributed by atoms with van der Waals surface area (Å²) in [5.41, 5.74) is 4.44. The van der Waals surface area contributed by atoms with E-state index in [9.17, 15) is 5.11 Å². The van der Waals surface area contributed by atoms with Crippen LogP contribution in [-0.2, 0) is 12.8 Å². The first-order valence-electron chi connectivity index (χ1n) is 10.1. The molecule has 0 radical (unpaired) electrons. The molecular formula is C21H27N7O. The second-order valence-electron chi connectivity index (χ2n) is 7.33. The maximum Gasteiger partial charge on any atom is 0.225 e. The molecule has 0 fully saturated rings. The summed E-state index contributed by atoms with van der Waals surface area (Å²) >= 11 is 0. The number of nitrogens with one attached hydrogen (secondary N) is 3. The van der Waals surface area contributed by atoms with Crippen molar-refractivity contribution in [2.45, 2.75) is 32.3 Å². The van der Waals surface area contributed by atoms with Gasteiger partial charge in [0.1, 0.15) is 11.0 Å². The maximum atomic E-state index is 10.9. The highest BCUT2D eigenvalue weighted by Crippen LogP contribution is 2.38. The lowest BCUT2D eigenvalue weighted by atomic mass is 9.97. The Hall–Kier alpha value is -3.00. The number of aromatic nitrogens is 4. The molecule has 0 amide bonds. The van der Waals surface area contributed by atoms with E-state index in [1.807, 2.05) is 18.2 Å². The van der Waals surface area contributed by atoms with Gasteiger partial charge in [-0.2, -0.15) is 4.98 Å². The van der Waals surface area contributed by atoms with Gasteiger partial charge in [0.25, 0.3) is 0 Å². The van der Waals surface area contributed by atoms with Crippen LogP contribution in [0.1, 0.15) is 36.3 Å². The number of hydrogen-bond acceptors (Lipinski definition) is 8. The average molecular weight is 393 g/mol. The molecule has 2 unspecified atom stereocenters. The van der Waals surface area contributed by atoms with Gasteiger partial charge in [-0.05, 0) is 36.3 Å². The molecule has 8 nitrogen and oxygen atoms in total. The van der Waals surface area contributed by atoms with Gasteiger partial charge in [0.05, 0.1) is 11.8 Å². The Morgan fingerprint density at radius 2 is 1.72 bits per heavy atom. The molecule has 152 valence electrons. The lowest BCUT2D eigenvalue weighted by Crippen LogP contribution is -2.15. The van der Waals surface area contributed by atoms with E-state index >= 15 is 0 Å². The first-order chi connectivity index (χ1) is 14.1. The molecule has 4 rings (SSSR count). The third-order valence-corrected chi connectivity index (χ3v) is 5.36. The third-order valence-electron chi connectivity index (χ3n) is 5.36. The highest BCUT2D eigenvalue weighted by atomic mass is 16.3. The summed E-state index contributed by atoms with van der Waals surface area (Å²) in [5, 5.41) is 20.3. The fourth-order valence-corrected chi connectivity index (χ4v) is 3.90. The van der Waals surface area contributed by atoms with E-state index in [2.05, 4.69) is 43.9 Å². The molecule has 0 saturated heterocycles. The van der Waals surface area contributed by atoms with Crippen molar-refractivity contribution < 1.29 is 5.11 Å². The highest BCUT2D eigenvalue weighted by molar-refractivity contribution is 5.88. The van der Waals surface area contributed by atoms with Gasteiger partial charge in [-0.25, -0.2) is 15.0 Å². The number of benzene rings is 1. The predicted octanol–water partition coefficient (Wildman–Crippen LogP) is 2.77.